The summed E-state index contributed by atoms with van der Waals surface area (Å²) in [6.45, 7) is 0. The van der Waals surface area contributed by atoms with Gasteiger partial charge in [0.2, 0.25) is 0 Å². The Hall–Kier alpha value is -1.59. The van der Waals surface area contributed by atoms with Gasteiger partial charge in [0, 0.05) is 24.3 Å². The van der Waals surface area contributed by atoms with Crippen LogP contribution in [-0.4, -0.2) is 11.6 Å². The number of carbonyl (C=O) groups excluding carboxylic acids is 2. The smallest absolute Gasteiger partial charge is 0.141 e. The van der Waals surface area contributed by atoms with E-state index in [4.69, 9.17) is 18.0 Å². The van der Waals surface area contributed by atoms with E-state index in [9.17, 15) is 9.59 Å². The van der Waals surface area contributed by atoms with Crippen molar-refractivity contribution < 1.29 is 9.59 Å². The largest absolute Gasteiger partial charge is 0.299 e. The summed E-state index contributed by atoms with van der Waals surface area (Å²) in [5.41, 5.74) is 1.05. The van der Waals surface area contributed by atoms with E-state index in [1.165, 1.54) is 0 Å². The summed E-state index contributed by atoms with van der Waals surface area (Å²) in [7, 11) is 0. The molecule has 0 N–H and O–H groups in total. The van der Waals surface area contributed by atoms with Crippen LogP contribution in [-0.2, 0) is 16.0 Å². The molecule has 0 spiro atoms. The molecule has 1 aromatic rings. The molecule has 0 fully saturated rings. The van der Waals surface area contributed by atoms with E-state index in [2.05, 4.69) is 5.92 Å². The molecule has 0 aromatic heterocycles. The molecule has 0 radical (unpaired) electrons. The molecule has 0 aliphatic rings. The fraction of sp³-hybridized carbons (Fsp3) is 0.333. The standard InChI is InChI=1S/C15H15ClO2/c1-2-3-4-14(17)11-15(18)10-7-12-5-8-13(16)9-6-12/h1,5-6,8-9H,3-4,7,10-11H2. The van der Waals surface area contributed by atoms with Crippen molar-refractivity contribution in [2.75, 3.05) is 0 Å². The van der Waals surface area contributed by atoms with E-state index in [1.54, 1.807) is 12.1 Å². The van der Waals surface area contributed by atoms with Gasteiger partial charge in [0.1, 0.15) is 11.6 Å². The number of Topliss-reactive ketones (excluding diaryl/α,β-unsaturated/α-hetero) is 2. The molecule has 94 valence electrons. The third-order valence-electron chi connectivity index (χ3n) is 2.55. The summed E-state index contributed by atoms with van der Waals surface area (Å²) in [5, 5.41) is 0.675. The van der Waals surface area contributed by atoms with Gasteiger partial charge >= 0.3 is 0 Å². The van der Waals surface area contributed by atoms with E-state index in [0.717, 1.165) is 5.56 Å². The van der Waals surface area contributed by atoms with E-state index >= 15 is 0 Å². The number of hydrogen-bond donors (Lipinski definition) is 0. The predicted octanol–water partition coefficient (Wildman–Crippen LogP) is 3.21. The van der Waals surface area contributed by atoms with E-state index in [0.29, 0.717) is 30.7 Å². The molecule has 0 saturated carbocycles. The number of halogens is 1. The summed E-state index contributed by atoms with van der Waals surface area (Å²) < 4.78 is 0. The van der Waals surface area contributed by atoms with Crippen molar-refractivity contribution in [3.63, 3.8) is 0 Å². The molecule has 1 rings (SSSR count). The molecule has 0 aliphatic heterocycles. The monoisotopic (exact) mass is 262 g/mol. The average molecular weight is 263 g/mol. The van der Waals surface area contributed by atoms with Crippen molar-refractivity contribution in [2.45, 2.75) is 32.1 Å². The van der Waals surface area contributed by atoms with Crippen LogP contribution < -0.4 is 0 Å². The number of hydrogen-bond acceptors (Lipinski definition) is 2. The number of rotatable bonds is 7. The fourth-order valence-corrected chi connectivity index (χ4v) is 1.67. The van der Waals surface area contributed by atoms with Crippen LogP contribution in [0, 0.1) is 12.3 Å². The summed E-state index contributed by atoms with van der Waals surface area (Å²) in [5.74, 6) is 2.28. The lowest BCUT2D eigenvalue weighted by molar-refractivity contribution is -0.126. The Morgan fingerprint density at radius 3 is 2.33 bits per heavy atom. The first-order valence-corrected chi connectivity index (χ1v) is 6.21. The van der Waals surface area contributed by atoms with Gasteiger partial charge in [0.05, 0.1) is 6.42 Å². The summed E-state index contributed by atoms with van der Waals surface area (Å²) >= 11 is 5.76. The van der Waals surface area contributed by atoms with Crippen molar-refractivity contribution in [3.8, 4) is 12.3 Å². The molecule has 0 heterocycles. The minimum atomic E-state index is -0.0749. The highest BCUT2D eigenvalue weighted by atomic mass is 35.5. The molecule has 1 aromatic carbocycles. The minimum absolute atomic E-state index is 0.00469. The van der Waals surface area contributed by atoms with E-state index in [-0.39, 0.29) is 18.0 Å². The van der Waals surface area contributed by atoms with Gasteiger partial charge in [-0.25, -0.2) is 0 Å². The molecule has 0 amide bonds. The highest BCUT2D eigenvalue weighted by Crippen LogP contribution is 2.11. The third kappa shape index (κ3) is 5.65. The van der Waals surface area contributed by atoms with Gasteiger partial charge in [-0.1, -0.05) is 23.7 Å². The maximum atomic E-state index is 11.6. The van der Waals surface area contributed by atoms with Gasteiger partial charge in [-0.2, -0.15) is 0 Å². The number of carbonyl (C=O) groups is 2. The van der Waals surface area contributed by atoms with E-state index < -0.39 is 0 Å². The Balaban J connectivity index is 2.31. The zero-order valence-corrected chi connectivity index (χ0v) is 10.9. The van der Waals surface area contributed by atoms with Crippen LogP contribution >= 0.6 is 11.6 Å². The summed E-state index contributed by atoms with van der Waals surface area (Å²) in [6, 6.07) is 7.35. The van der Waals surface area contributed by atoms with Gasteiger partial charge in [-0.15, -0.1) is 12.3 Å². The van der Waals surface area contributed by atoms with Gasteiger partial charge in [0.25, 0.3) is 0 Å². The van der Waals surface area contributed by atoms with Gasteiger partial charge in [0.15, 0.2) is 0 Å². The van der Waals surface area contributed by atoms with Gasteiger partial charge in [-0.05, 0) is 24.1 Å². The van der Waals surface area contributed by atoms with Crippen LogP contribution in [0.2, 0.25) is 5.02 Å². The highest BCUT2D eigenvalue weighted by Gasteiger charge is 2.09. The van der Waals surface area contributed by atoms with Crippen LogP contribution in [0.15, 0.2) is 24.3 Å². The van der Waals surface area contributed by atoms with Crippen LogP contribution in [0.25, 0.3) is 0 Å². The quantitative estimate of drug-likeness (QED) is 0.559. The Kier molecular flexibility index (Phi) is 6.18. The number of terminal acetylenes is 1. The van der Waals surface area contributed by atoms with Crippen LogP contribution in [0.3, 0.4) is 0 Å². The SMILES string of the molecule is C#CCCC(=O)CC(=O)CCc1ccc(Cl)cc1. The molecular weight excluding hydrogens is 248 g/mol. The Labute approximate surface area is 112 Å². The summed E-state index contributed by atoms with van der Waals surface area (Å²) in [4.78, 5) is 22.9. The first-order valence-electron chi connectivity index (χ1n) is 5.83. The van der Waals surface area contributed by atoms with Crippen molar-refractivity contribution in [1.29, 1.82) is 0 Å². The molecule has 0 atom stereocenters. The average Bonchev–Trinajstić information content (AvgIpc) is 2.35. The highest BCUT2D eigenvalue weighted by molar-refractivity contribution is 6.30. The molecular formula is C15H15ClO2. The molecule has 3 heteroatoms. The second-order valence-corrected chi connectivity index (χ2v) is 4.52. The first kappa shape index (κ1) is 14.5. The zero-order valence-electron chi connectivity index (χ0n) is 10.1. The predicted molar refractivity (Wildman–Crippen MR) is 72.5 cm³/mol. The van der Waals surface area contributed by atoms with Crippen molar-refractivity contribution >= 4 is 23.2 Å². The Bertz CT molecular complexity index is 454. The maximum Gasteiger partial charge on any atom is 0.141 e. The molecule has 0 aliphatic carbocycles. The number of benzene rings is 1. The summed E-state index contributed by atoms with van der Waals surface area (Å²) in [6.07, 6.45) is 6.77. The molecule has 18 heavy (non-hydrogen) atoms. The lowest BCUT2D eigenvalue weighted by atomic mass is 10.0. The minimum Gasteiger partial charge on any atom is -0.299 e. The maximum absolute atomic E-state index is 11.6. The van der Waals surface area contributed by atoms with Crippen molar-refractivity contribution in [2.24, 2.45) is 0 Å². The van der Waals surface area contributed by atoms with Crippen molar-refractivity contribution in [1.82, 2.24) is 0 Å². The second-order valence-electron chi connectivity index (χ2n) is 4.08. The molecule has 0 unspecified atom stereocenters. The van der Waals surface area contributed by atoms with Crippen LogP contribution in [0.1, 0.15) is 31.2 Å². The molecule has 2 nitrogen and oxygen atoms in total. The molecule has 0 bridgehead atoms. The zero-order chi connectivity index (χ0) is 13.4. The van der Waals surface area contributed by atoms with Crippen LogP contribution in [0.4, 0.5) is 0 Å². The third-order valence-corrected chi connectivity index (χ3v) is 2.80. The lowest BCUT2D eigenvalue weighted by Crippen LogP contribution is -2.08. The van der Waals surface area contributed by atoms with Gasteiger partial charge < -0.3 is 0 Å². The number of aryl methyl sites for hydroxylation is 1. The topological polar surface area (TPSA) is 34.1 Å². The van der Waals surface area contributed by atoms with Gasteiger partial charge in [-0.3, -0.25) is 9.59 Å². The normalized spacial score (nSPS) is 9.78. The van der Waals surface area contributed by atoms with Crippen LogP contribution in [0.5, 0.6) is 0 Å². The molecule has 0 saturated heterocycles. The Morgan fingerprint density at radius 1 is 1.11 bits per heavy atom. The second kappa shape index (κ2) is 7.68. The first-order chi connectivity index (χ1) is 8.61. The van der Waals surface area contributed by atoms with Crippen molar-refractivity contribution in [3.05, 3.63) is 34.9 Å². The number of ketones is 2. The lowest BCUT2D eigenvalue weighted by Gasteiger charge is -2.01. The fourth-order valence-electron chi connectivity index (χ4n) is 1.54. The Morgan fingerprint density at radius 2 is 1.72 bits per heavy atom. The van der Waals surface area contributed by atoms with E-state index in [1.807, 2.05) is 12.1 Å².